The van der Waals surface area contributed by atoms with E-state index in [0.29, 0.717) is 21.9 Å². The number of anilines is 1. The Balaban J connectivity index is 1.81. The minimum absolute atomic E-state index is 0.120. The van der Waals surface area contributed by atoms with Crippen molar-refractivity contribution in [2.24, 2.45) is 0 Å². The number of carbonyl (C=O) groups excluding carboxylic acids is 2. The van der Waals surface area contributed by atoms with E-state index in [-0.39, 0.29) is 12.3 Å². The summed E-state index contributed by atoms with van der Waals surface area (Å²) in [4.78, 5) is 25.6. The molecular formula is C21H22N2O5S. The Kier molecular flexibility index (Phi) is 6.03. The van der Waals surface area contributed by atoms with Crippen LogP contribution in [0, 0.1) is 27.7 Å². The number of hydrogen-bond donors (Lipinski definition) is 1. The van der Waals surface area contributed by atoms with Crippen LogP contribution in [-0.4, -0.2) is 24.1 Å². The molecule has 0 aliphatic rings. The number of esters is 1. The van der Waals surface area contributed by atoms with Crippen molar-refractivity contribution in [3.05, 3.63) is 62.9 Å². The molecule has 7 nitrogen and oxygen atoms in total. The standard InChI is InChI=1S/C21H22N2O5S/c1-11-6-7-12(2)17(8-11)27-10-16-14(4)28-23-18(16)19(24)22-20-15(21(25)26-5)9-13(3)29-20/h6-9H,10H2,1-5H3,(H,22,24). The lowest BCUT2D eigenvalue weighted by molar-refractivity contribution is 0.0602. The fourth-order valence-electron chi connectivity index (χ4n) is 2.78. The lowest BCUT2D eigenvalue weighted by Crippen LogP contribution is -2.16. The Morgan fingerprint density at radius 2 is 1.93 bits per heavy atom. The van der Waals surface area contributed by atoms with E-state index < -0.39 is 11.9 Å². The molecule has 0 atom stereocenters. The number of hydrogen-bond acceptors (Lipinski definition) is 7. The monoisotopic (exact) mass is 414 g/mol. The molecule has 1 amide bonds. The van der Waals surface area contributed by atoms with Crippen LogP contribution in [0.15, 0.2) is 28.8 Å². The molecule has 2 heterocycles. The summed E-state index contributed by atoms with van der Waals surface area (Å²) in [5.41, 5.74) is 3.05. The number of aromatic nitrogens is 1. The zero-order valence-corrected chi connectivity index (χ0v) is 17.7. The average Bonchev–Trinajstić information content (AvgIpc) is 3.24. The number of thiophene rings is 1. The molecule has 1 N–H and O–H groups in total. The molecule has 0 bridgehead atoms. The summed E-state index contributed by atoms with van der Waals surface area (Å²) >= 11 is 1.29. The lowest BCUT2D eigenvalue weighted by atomic mass is 10.1. The van der Waals surface area contributed by atoms with Crippen LogP contribution in [0.3, 0.4) is 0 Å². The highest BCUT2D eigenvalue weighted by Gasteiger charge is 2.24. The fraction of sp³-hybridized carbons (Fsp3) is 0.286. The maximum absolute atomic E-state index is 12.8. The van der Waals surface area contributed by atoms with E-state index in [1.165, 1.54) is 18.4 Å². The number of amides is 1. The highest BCUT2D eigenvalue weighted by atomic mass is 32.1. The molecule has 0 fully saturated rings. The molecule has 152 valence electrons. The Labute approximate surface area is 172 Å². The number of carbonyl (C=O) groups is 2. The number of ether oxygens (including phenoxy) is 2. The summed E-state index contributed by atoms with van der Waals surface area (Å²) in [7, 11) is 1.30. The van der Waals surface area contributed by atoms with Gasteiger partial charge in [0.1, 0.15) is 23.1 Å². The quantitative estimate of drug-likeness (QED) is 0.594. The van der Waals surface area contributed by atoms with Crippen LogP contribution < -0.4 is 10.1 Å². The number of nitrogens with one attached hydrogen (secondary N) is 1. The van der Waals surface area contributed by atoms with Gasteiger partial charge >= 0.3 is 5.97 Å². The highest BCUT2D eigenvalue weighted by Crippen LogP contribution is 2.29. The van der Waals surface area contributed by atoms with Gasteiger partial charge in [-0.25, -0.2) is 4.79 Å². The molecule has 0 saturated heterocycles. The van der Waals surface area contributed by atoms with Crippen LogP contribution in [0.2, 0.25) is 0 Å². The van der Waals surface area contributed by atoms with E-state index in [0.717, 1.165) is 21.8 Å². The van der Waals surface area contributed by atoms with Crippen molar-refractivity contribution in [2.45, 2.75) is 34.3 Å². The molecule has 2 aromatic heterocycles. The summed E-state index contributed by atoms with van der Waals surface area (Å²) in [5.74, 6) is 0.239. The largest absolute Gasteiger partial charge is 0.488 e. The number of aryl methyl sites for hydroxylation is 4. The van der Waals surface area contributed by atoms with Crippen LogP contribution in [0.4, 0.5) is 5.00 Å². The van der Waals surface area contributed by atoms with Gasteiger partial charge in [0, 0.05) is 4.88 Å². The number of benzene rings is 1. The van der Waals surface area contributed by atoms with Gasteiger partial charge in [0.25, 0.3) is 5.91 Å². The van der Waals surface area contributed by atoms with Gasteiger partial charge in [-0.15, -0.1) is 11.3 Å². The molecule has 8 heteroatoms. The fourth-order valence-corrected chi connectivity index (χ4v) is 3.68. The van der Waals surface area contributed by atoms with Gasteiger partial charge < -0.3 is 19.3 Å². The number of methoxy groups -OCH3 is 1. The predicted octanol–water partition coefficient (Wildman–Crippen LogP) is 4.59. The summed E-state index contributed by atoms with van der Waals surface area (Å²) in [6.07, 6.45) is 0. The van der Waals surface area contributed by atoms with Crippen molar-refractivity contribution < 1.29 is 23.6 Å². The third-order valence-corrected chi connectivity index (χ3v) is 5.37. The van der Waals surface area contributed by atoms with Gasteiger partial charge in [-0.2, -0.15) is 0 Å². The maximum Gasteiger partial charge on any atom is 0.340 e. The molecule has 0 unspecified atom stereocenters. The van der Waals surface area contributed by atoms with E-state index in [1.807, 2.05) is 39.0 Å². The van der Waals surface area contributed by atoms with Gasteiger partial charge in [0.05, 0.1) is 18.2 Å². The summed E-state index contributed by atoms with van der Waals surface area (Å²) in [6, 6.07) is 7.60. The van der Waals surface area contributed by atoms with E-state index >= 15 is 0 Å². The third-order valence-electron chi connectivity index (χ3n) is 4.40. The van der Waals surface area contributed by atoms with Crippen LogP contribution in [0.1, 0.15) is 48.2 Å². The zero-order chi connectivity index (χ0) is 21.1. The SMILES string of the molecule is COC(=O)c1cc(C)sc1NC(=O)c1noc(C)c1COc1cc(C)ccc1C. The van der Waals surface area contributed by atoms with Crippen LogP contribution in [-0.2, 0) is 11.3 Å². The van der Waals surface area contributed by atoms with Crippen LogP contribution in [0.5, 0.6) is 5.75 Å². The van der Waals surface area contributed by atoms with Crippen molar-refractivity contribution in [3.8, 4) is 5.75 Å². The van der Waals surface area contributed by atoms with E-state index in [9.17, 15) is 9.59 Å². The second-order valence-corrected chi connectivity index (χ2v) is 7.93. The number of nitrogens with zero attached hydrogens (tertiary/aromatic N) is 1. The molecular weight excluding hydrogens is 392 g/mol. The first-order chi connectivity index (χ1) is 13.8. The topological polar surface area (TPSA) is 90.7 Å². The van der Waals surface area contributed by atoms with Crippen molar-refractivity contribution in [3.63, 3.8) is 0 Å². The normalized spacial score (nSPS) is 10.7. The molecule has 0 radical (unpaired) electrons. The smallest absolute Gasteiger partial charge is 0.340 e. The van der Waals surface area contributed by atoms with Gasteiger partial charge in [-0.1, -0.05) is 17.3 Å². The van der Waals surface area contributed by atoms with Gasteiger partial charge in [-0.05, 0) is 51.0 Å². The van der Waals surface area contributed by atoms with Crippen molar-refractivity contribution in [1.82, 2.24) is 5.16 Å². The van der Waals surface area contributed by atoms with Crippen molar-refractivity contribution in [2.75, 3.05) is 12.4 Å². The Morgan fingerprint density at radius 3 is 2.66 bits per heavy atom. The van der Waals surface area contributed by atoms with E-state index in [2.05, 4.69) is 10.5 Å². The molecule has 29 heavy (non-hydrogen) atoms. The molecule has 0 aliphatic carbocycles. The molecule has 0 saturated carbocycles. The van der Waals surface area contributed by atoms with Gasteiger partial charge in [0.2, 0.25) is 0 Å². The Morgan fingerprint density at radius 1 is 1.17 bits per heavy atom. The molecule has 1 aromatic carbocycles. The molecule has 3 rings (SSSR count). The molecule has 3 aromatic rings. The van der Waals surface area contributed by atoms with Crippen LogP contribution in [0.25, 0.3) is 0 Å². The predicted molar refractivity (Wildman–Crippen MR) is 110 cm³/mol. The average molecular weight is 414 g/mol. The summed E-state index contributed by atoms with van der Waals surface area (Å²) in [6.45, 7) is 7.64. The number of rotatable bonds is 6. The van der Waals surface area contributed by atoms with Crippen molar-refractivity contribution in [1.29, 1.82) is 0 Å². The molecule has 0 spiro atoms. The zero-order valence-electron chi connectivity index (χ0n) is 16.9. The summed E-state index contributed by atoms with van der Waals surface area (Å²) < 4.78 is 15.9. The second kappa shape index (κ2) is 8.48. The summed E-state index contributed by atoms with van der Waals surface area (Å²) in [5, 5.41) is 7.03. The second-order valence-electron chi connectivity index (χ2n) is 6.67. The van der Waals surface area contributed by atoms with Gasteiger partial charge in [-0.3, -0.25) is 4.79 Å². The first kappa shape index (κ1) is 20.6. The third kappa shape index (κ3) is 4.48. The Hall–Kier alpha value is -3.13. The first-order valence-electron chi connectivity index (χ1n) is 8.95. The van der Waals surface area contributed by atoms with E-state index in [4.69, 9.17) is 14.0 Å². The Bertz CT molecular complexity index is 1070. The van der Waals surface area contributed by atoms with Gasteiger partial charge in [0.15, 0.2) is 5.69 Å². The minimum Gasteiger partial charge on any atom is -0.488 e. The van der Waals surface area contributed by atoms with E-state index in [1.54, 1.807) is 13.0 Å². The van der Waals surface area contributed by atoms with Crippen molar-refractivity contribution >= 4 is 28.2 Å². The highest BCUT2D eigenvalue weighted by molar-refractivity contribution is 7.16. The minimum atomic E-state index is -0.514. The lowest BCUT2D eigenvalue weighted by Gasteiger charge is -2.10. The molecule has 0 aliphatic heterocycles. The maximum atomic E-state index is 12.8. The van der Waals surface area contributed by atoms with Crippen LogP contribution >= 0.6 is 11.3 Å². The first-order valence-corrected chi connectivity index (χ1v) is 9.77.